The van der Waals surface area contributed by atoms with Crippen LogP contribution in [0.1, 0.15) is 11.5 Å². The van der Waals surface area contributed by atoms with Crippen molar-refractivity contribution in [2.45, 2.75) is 13.8 Å². The summed E-state index contributed by atoms with van der Waals surface area (Å²) < 4.78 is 0. The molecule has 0 radical (unpaired) electrons. The highest BCUT2D eigenvalue weighted by atomic mass is 16.3. The van der Waals surface area contributed by atoms with E-state index in [-0.39, 0.29) is 5.75 Å². The van der Waals surface area contributed by atoms with E-state index < -0.39 is 0 Å². The largest absolute Gasteiger partial charge is 0.507 e. The number of rotatable bonds is 0. The Morgan fingerprint density at radius 3 is 2.69 bits per heavy atom. The Morgan fingerprint density at radius 2 is 1.88 bits per heavy atom. The quantitative estimate of drug-likeness (QED) is 0.603. The Morgan fingerprint density at radius 1 is 1.12 bits per heavy atom. The van der Waals surface area contributed by atoms with E-state index in [1.807, 2.05) is 26.0 Å². The molecule has 4 nitrogen and oxygen atoms in total. The molecule has 2 aromatic heterocycles. The zero-order valence-corrected chi connectivity index (χ0v) is 9.07. The molecule has 1 aromatic carbocycles. The second-order valence-electron chi connectivity index (χ2n) is 3.96. The maximum absolute atomic E-state index is 9.97. The normalized spacial score (nSPS) is 11.4. The number of imidazole rings is 1. The number of aromatic nitrogens is 3. The molecule has 16 heavy (non-hydrogen) atoms. The molecule has 3 aromatic rings. The predicted molar refractivity (Wildman–Crippen MR) is 62.5 cm³/mol. The second kappa shape index (κ2) is 2.95. The van der Waals surface area contributed by atoms with Crippen LogP contribution in [0.25, 0.3) is 21.9 Å². The van der Waals surface area contributed by atoms with Crippen LogP contribution in [-0.2, 0) is 0 Å². The summed E-state index contributed by atoms with van der Waals surface area (Å²) in [4.78, 5) is 11.9. The maximum atomic E-state index is 9.97. The monoisotopic (exact) mass is 213 g/mol. The summed E-state index contributed by atoms with van der Waals surface area (Å²) in [7, 11) is 0. The first-order valence-corrected chi connectivity index (χ1v) is 5.11. The van der Waals surface area contributed by atoms with Gasteiger partial charge in [-0.3, -0.25) is 4.98 Å². The van der Waals surface area contributed by atoms with Gasteiger partial charge in [-0.2, -0.15) is 0 Å². The van der Waals surface area contributed by atoms with Gasteiger partial charge < -0.3 is 10.1 Å². The Hall–Kier alpha value is -2.10. The molecule has 3 rings (SSSR count). The van der Waals surface area contributed by atoms with E-state index in [9.17, 15) is 5.11 Å². The molecule has 0 atom stereocenters. The van der Waals surface area contributed by atoms with Crippen molar-refractivity contribution in [1.29, 1.82) is 0 Å². The van der Waals surface area contributed by atoms with E-state index in [1.165, 1.54) is 0 Å². The van der Waals surface area contributed by atoms with Gasteiger partial charge in [0.2, 0.25) is 0 Å². The van der Waals surface area contributed by atoms with E-state index in [4.69, 9.17) is 0 Å². The lowest BCUT2D eigenvalue weighted by atomic mass is 10.1. The highest BCUT2D eigenvalue weighted by Gasteiger charge is 2.09. The van der Waals surface area contributed by atoms with Gasteiger partial charge in [0.1, 0.15) is 11.6 Å². The number of hydrogen-bond donors (Lipinski definition) is 2. The molecule has 0 bridgehead atoms. The summed E-state index contributed by atoms with van der Waals surface area (Å²) >= 11 is 0. The van der Waals surface area contributed by atoms with Crippen LogP contribution in [0.4, 0.5) is 0 Å². The molecule has 2 heterocycles. The average molecular weight is 213 g/mol. The van der Waals surface area contributed by atoms with Gasteiger partial charge in [-0.15, -0.1) is 0 Å². The lowest BCUT2D eigenvalue weighted by molar-refractivity contribution is 0.481. The van der Waals surface area contributed by atoms with Crippen LogP contribution in [0.3, 0.4) is 0 Å². The summed E-state index contributed by atoms with van der Waals surface area (Å²) in [6, 6.07) is 5.45. The first-order chi connectivity index (χ1) is 7.65. The topological polar surface area (TPSA) is 61.8 Å². The van der Waals surface area contributed by atoms with Gasteiger partial charge in [0.15, 0.2) is 0 Å². The van der Waals surface area contributed by atoms with Gasteiger partial charge in [0.05, 0.1) is 21.9 Å². The zero-order chi connectivity index (χ0) is 11.3. The van der Waals surface area contributed by atoms with E-state index >= 15 is 0 Å². The number of H-pyrrole nitrogens is 1. The number of pyridine rings is 1. The molecule has 0 aliphatic rings. The number of aryl methyl sites for hydroxylation is 2. The predicted octanol–water partition coefficient (Wildman–Crippen LogP) is 2.43. The lowest BCUT2D eigenvalue weighted by Crippen LogP contribution is -1.85. The van der Waals surface area contributed by atoms with Crippen molar-refractivity contribution in [2.24, 2.45) is 0 Å². The van der Waals surface area contributed by atoms with Gasteiger partial charge >= 0.3 is 0 Å². The smallest absolute Gasteiger partial charge is 0.128 e. The third-order valence-electron chi connectivity index (χ3n) is 2.65. The fourth-order valence-electron chi connectivity index (χ4n) is 2.03. The van der Waals surface area contributed by atoms with Crippen LogP contribution >= 0.6 is 0 Å². The van der Waals surface area contributed by atoms with Gasteiger partial charge in [-0.1, -0.05) is 0 Å². The maximum Gasteiger partial charge on any atom is 0.128 e. The fourth-order valence-corrected chi connectivity index (χ4v) is 2.03. The Kier molecular flexibility index (Phi) is 1.68. The molecule has 0 amide bonds. The van der Waals surface area contributed by atoms with Crippen molar-refractivity contribution in [1.82, 2.24) is 15.0 Å². The minimum atomic E-state index is 0.247. The Balaban J connectivity index is 2.59. The van der Waals surface area contributed by atoms with E-state index in [0.29, 0.717) is 0 Å². The molecule has 4 heteroatoms. The van der Waals surface area contributed by atoms with Crippen molar-refractivity contribution >= 4 is 21.9 Å². The molecule has 0 aliphatic heterocycles. The van der Waals surface area contributed by atoms with Gasteiger partial charge in [0, 0.05) is 11.8 Å². The van der Waals surface area contributed by atoms with Crippen LogP contribution in [0, 0.1) is 13.8 Å². The lowest BCUT2D eigenvalue weighted by Gasteiger charge is -2.02. The van der Waals surface area contributed by atoms with Gasteiger partial charge in [-0.05, 0) is 26.0 Å². The molecule has 0 spiro atoms. The molecule has 0 aliphatic carbocycles. The summed E-state index contributed by atoms with van der Waals surface area (Å²) in [5.74, 6) is 1.08. The van der Waals surface area contributed by atoms with Crippen molar-refractivity contribution in [3.05, 3.63) is 29.7 Å². The number of benzene rings is 1. The van der Waals surface area contributed by atoms with Gasteiger partial charge in [-0.25, -0.2) is 4.98 Å². The summed E-state index contributed by atoms with van der Waals surface area (Å²) in [5.41, 5.74) is 3.29. The molecule has 0 fully saturated rings. The van der Waals surface area contributed by atoms with Crippen molar-refractivity contribution in [3.8, 4) is 5.75 Å². The summed E-state index contributed by atoms with van der Waals surface area (Å²) in [5, 5.41) is 10.7. The minimum Gasteiger partial charge on any atom is -0.507 e. The number of nitrogens with zero attached hydrogens (tertiary/aromatic N) is 2. The third-order valence-corrected chi connectivity index (χ3v) is 2.65. The van der Waals surface area contributed by atoms with E-state index in [1.54, 1.807) is 6.07 Å². The van der Waals surface area contributed by atoms with Crippen LogP contribution in [0.15, 0.2) is 18.2 Å². The number of aromatic hydroxyl groups is 1. The average Bonchev–Trinajstić information content (AvgIpc) is 2.56. The Labute approximate surface area is 92.0 Å². The molecular weight excluding hydrogens is 202 g/mol. The van der Waals surface area contributed by atoms with Crippen LogP contribution in [0.2, 0.25) is 0 Å². The molecule has 80 valence electrons. The molecule has 2 N–H and O–H groups in total. The standard InChI is InChI=1S/C12H11N3O/c1-6-5-10(16)11-8(13-6)3-4-9-12(11)15-7(2)14-9/h3-5H,1-2H3,(H,13,16)(H,14,15). The summed E-state index contributed by atoms with van der Waals surface area (Å²) in [6.07, 6.45) is 0. The molecular formula is C12H11N3O. The first-order valence-electron chi connectivity index (χ1n) is 5.11. The van der Waals surface area contributed by atoms with Crippen LogP contribution in [0.5, 0.6) is 5.75 Å². The van der Waals surface area contributed by atoms with Gasteiger partial charge in [0.25, 0.3) is 0 Å². The second-order valence-corrected chi connectivity index (χ2v) is 3.96. The van der Waals surface area contributed by atoms with Crippen LogP contribution in [-0.4, -0.2) is 20.1 Å². The fraction of sp³-hybridized carbons (Fsp3) is 0.167. The third kappa shape index (κ3) is 1.16. The SMILES string of the molecule is Cc1cc(O)c2c(ccc3nc(C)[nH]c32)n1. The van der Waals surface area contributed by atoms with Crippen molar-refractivity contribution in [3.63, 3.8) is 0 Å². The number of hydrogen-bond acceptors (Lipinski definition) is 3. The number of fused-ring (bicyclic) bond motifs is 3. The molecule has 0 unspecified atom stereocenters. The van der Waals surface area contributed by atoms with Crippen molar-refractivity contribution < 1.29 is 5.11 Å². The van der Waals surface area contributed by atoms with E-state index in [0.717, 1.165) is 33.5 Å². The number of aromatic amines is 1. The molecule has 0 saturated carbocycles. The number of nitrogens with one attached hydrogen (secondary N) is 1. The zero-order valence-electron chi connectivity index (χ0n) is 9.07. The van der Waals surface area contributed by atoms with E-state index in [2.05, 4.69) is 15.0 Å². The molecule has 0 saturated heterocycles. The highest BCUT2D eigenvalue weighted by Crippen LogP contribution is 2.30. The first kappa shape index (κ1) is 9.15. The highest BCUT2D eigenvalue weighted by molar-refractivity contribution is 6.06. The van der Waals surface area contributed by atoms with Crippen molar-refractivity contribution in [2.75, 3.05) is 0 Å². The Bertz CT molecular complexity index is 700. The van der Waals surface area contributed by atoms with Crippen LogP contribution < -0.4 is 0 Å². The minimum absolute atomic E-state index is 0.247. The summed E-state index contributed by atoms with van der Waals surface area (Å²) in [6.45, 7) is 3.76.